The minimum atomic E-state index is -2.75. The molecular weight excluding hydrogens is 1280 g/mol. The Morgan fingerprint density at radius 2 is 1.18 bits per heavy atom. The normalized spacial score (nSPS) is 24.8. The van der Waals surface area contributed by atoms with E-state index in [0.717, 1.165) is 13.8 Å². The maximum Gasteiger partial charge on any atom is 0.350 e. The van der Waals surface area contributed by atoms with Gasteiger partial charge in [0.1, 0.15) is 75.7 Å². The minimum absolute atomic E-state index is 0.0675. The molecule has 1 saturated heterocycles. The van der Waals surface area contributed by atoms with Crippen molar-refractivity contribution in [2.24, 2.45) is 38.1 Å². The molecule has 516 valence electrons. The number of ketones is 1. The van der Waals surface area contributed by atoms with Crippen molar-refractivity contribution in [1.29, 1.82) is 0 Å². The molecule has 2 N–H and O–H groups in total. The Bertz CT molecular complexity index is 3390. The quantitative estimate of drug-likeness (QED) is 0.0284. The van der Waals surface area contributed by atoms with Gasteiger partial charge in [-0.2, -0.15) is 0 Å². The van der Waals surface area contributed by atoms with Gasteiger partial charge in [-0.15, -0.1) is 19.6 Å². The van der Waals surface area contributed by atoms with E-state index in [9.17, 15) is 63.1 Å². The lowest BCUT2D eigenvalue weighted by Gasteiger charge is -2.67. The molecule has 0 spiro atoms. The van der Waals surface area contributed by atoms with Gasteiger partial charge in [-0.3, -0.25) is 19.2 Å². The molecule has 1 heterocycles. The molecule has 3 aromatic rings. The Balaban J connectivity index is 1.33. The highest BCUT2D eigenvalue weighted by atomic mass is 16.8. The molecule has 4 aliphatic rings. The molecule has 1 aliphatic heterocycles. The second-order valence-electron chi connectivity index (χ2n) is 23.0. The van der Waals surface area contributed by atoms with Crippen LogP contribution >= 0.6 is 0 Å². The van der Waals surface area contributed by atoms with Crippen LogP contribution in [0.5, 0.6) is 0 Å². The number of carbonyl (C=O) groups excluding carboxylic acids is 10. The summed E-state index contributed by atoms with van der Waals surface area (Å²) in [6, 6.07) is 20.8. The van der Waals surface area contributed by atoms with Crippen molar-refractivity contribution in [2.45, 2.75) is 120 Å². The highest BCUT2D eigenvalue weighted by molar-refractivity contribution is 5.97. The van der Waals surface area contributed by atoms with Crippen molar-refractivity contribution in [1.82, 2.24) is 5.32 Å². The van der Waals surface area contributed by atoms with E-state index in [1.165, 1.54) is 88.4 Å². The number of nitrogens with zero attached hydrogens (tertiary/aromatic N) is 4. The number of benzene rings is 3. The third-order valence-electron chi connectivity index (χ3n) is 16.7. The molecule has 7 rings (SSSR count). The summed E-state index contributed by atoms with van der Waals surface area (Å²) in [7, 11) is 0. The monoisotopic (exact) mass is 1350 g/mol. The predicted octanol–water partition coefficient (Wildman–Crippen LogP) is 3.49. The molecule has 0 aromatic heterocycles. The van der Waals surface area contributed by atoms with Gasteiger partial charge >= 0.3 is 47.8 Å². The summed E-state index contributed by atoms with van der Waals surface area (Å²) < 4.78 is 63.5. The van der Waals surface area contributed by atoms with E-state index >= 15 is 9.59 Å². The van der Waals surface area contributed by atoms with Gasteiger partial charge in [0.05, 0.1) is 23.5 Å². The number of hydrogen-bond donors (Lipinski definition) is 2. The van der Waals surface area contributed by atoms with Gasteiger partial charge in [0.15, 0.2) is 52.1 Å². The molecule has 2 unspecified atom stereocenters. The number of ether oxygens (including phenoxy) is 11. The second kappa shape index (κ2) is 32.7. The largest absolute Gasteiger partial charge is 0.460 e. The molecular formula is C61H67N5O30. The Kier molecular flexibility index (Phi) is 24.9. The lowest BCUT2D eigenvalue weighted by Crippen LogP contribution is -2.82. The van der Waals surface area contributed by atoms with E-state index in [1.54, 1.807) is 30.3 Å². The number of esters is 8. The lowest BCUT2D eigenvalue weighted by atomic mass is 9.44. The maximum absolute atomic E-state index is 16.5. The fourth-order valence-electron chi connectivity index (χ4n) is 12.3. The Morgan fingerprint density at radius 3 is 1.69 bits per heavy atom. The SMILES string of the molecule is CC(=O)O[C@H]1C(=O)[C@@]2(C)C(C(OC(=O)c3ccccc3)[C@]3(O)C[C@H](OC(=O)[C@H](OC(=O)COCC(=O)OC[C@H](CON=O)ON=O)[C@@H](NC(=O)c4ccccc4)c4ccccc4)C(C)=C1C3(C)C)[C@]1(OC(C)=O)CO[C@@H]1C[C@@H]2OC(=O)COCC(=O)OC[C@H](CON=O)ON=O. The lowest BCUT2D eigenvalue weighted by molar-refractivity contribution is -0.346. The van der Waals surface area contributed by atoms with Crippen molar-refractivity contribution in [2.75, 3.05) is 59.5 Å². The number of fused-ring (bicyclic) bond motifs is 5. The van der Waals surface area contributed by atoms with Crippen LogP contribution in [0.2, 0.25) is 0 Å². The topological polar surface area (TPSA) is 459 Å². The van der Waals surface area contributed by atoms with Crippen LogP contribution in [0, 0.1) is 36.4 Å². The number of rotatable bonds is 34. The van der Waals surface area contributed by atoms with Gasteiger partial charge in [0.25, 0.3) is 5.91 Å². The zero-order valence-corrected chi connectivity index (χ0v) is 52.3. The molecule has 35 nitrogen and oxygen atoms in total. The fourth-order valence-corrected chi connectivity index (χ4v) is 12.3. The fraction of sp³-hybridized carbons (Fsp3) is 0.508. The summed E-state index contributed by atoms with van der Waals surface area (Å²) in [6.07, 6.45) is -15.7. The summed E-state index contributed by atoms with van der Waals surface area (Å²) in [5, 5.41) is 25.8. The zero-order valence-electron chi connectivity index (χ0n) is 52.3. The molecule has 3 aromatic carbocycles. The average molecular weight is 1350 g/mol. The van der Waals surface area contributed by atoms with Crippen molar-refractivity contribution >= 4 is 59.4 Å². The van der Waals surface area contributed by atoms with Crippen LogP contribution in [-0.4, -0.2) is 184 Å². The first-order valence-corrected chi connectivity index (χ1v) is 29.3. The van der Waals surface area contributed by atoms with E-state index in [2.05, 4.69) is 46.0 Å². The van der Waals surface area contributed by atoms with Crippen LogP contribution in [0.15, 0.2) is 124 Å². The van der Waals surface area contributed by atoms with Gasteiger partial charge in [-0.05, 0) is 54.8 Å². The molecule has 13 atom stereocenters. The van der Waals surface area contributed by atoms with E-state index in [4.69, 9.17) is 52.1 Å². The highest BCUT2D eigenvalue weighted by Gasteiger charge is 2.79. The first-order chi connectivity index (χ1) is 45.8. The van der Waals surface area contributed by atoms with Crippen LogP contribution in [-0.2, 0) is 110 Å². The van der Waals surface area contributed by atoms with Crippen LogP contribution in [0.1, 0.15) is 86.7 Å². The molecule has 2 saturated carbocycles. The summed E-state index contributed by atoms with van der Waals surface area (Å²) in [6.45, 7) is 0.0833. The number of hydrogen-bond acceptors (Lipinski definition) is 34. The second-order valence-corrected chi connectivity index (χ2v) is 23.0. The standard InChI is InChI=1S/C61H67N5O30/c1-33-41(90-57(76)51(49(36-16-10-7-11-17-36)62-55(74)37-18-12-8-13-19-37)92-47(72)31-83-29-45(70)85-25-40(96-66-81)27-88-64-79)23-61(77)54(93-56(75)38-20-14-9-15-21-38)52-59(6,53(73)50(89-34(2)67)48(33)58(61,4)5)42(22-43-60(52,32-86-43)94-35(3)68)91-46(71)30-82-28-44(69)84-24-39(95-65-80)26-87-63-78/h7-21,39-43,49-52,54,77H,22-32H2,1-6H3,(H,62,74)/t39-,40-,41+,42+,43-,49+,50-,51-,52?,54?,59-,60+,61-/m1/s1. The number of amides is 1. The third-order valence-corrected chi connectivity index (χ3v) is 16.7. The smallest absolute Gasteiger partial charge is 0.350 e. The Hall–Kier alpha value is -10.3. The number of aliphatic hydroxyl groups is 1. The van der Waals surface area contributed by atoms with Gasteiger partial charge in [0, 0.05) is 37.7 Å². The van der Waals surface area contributed by atoms with Crippen LogP contribution in [0.25, 0.3) is 0 Å². The molecule has 2 bridgehead atoms. The summed E-state index contributed by atoms with van der Waals surface area (Å²) >= 11 is 0. The van der Waals surface area contributed by atoms with E-state index in [1.807, 2.05) is 0 Å². The van der Waals surface area contributed by atoms with Crippen molar-refractivity contribution in [3.63, 3.8) is 0 Å². The molecule has 1 amide bonds. The van der Waals surface area contributed by atoms with Crippen LogP contribution in [0.4, 0.5) is 0 Å². The Morgan fingerprint density at radius 1 is 0.646 bits per heavy atom. The molecule has 35 heteroatoms. The van der Waals surface area contributed by atoms with E-state index in [0.29, 0.717) is 0 Å². The van der Waals surface area contributed by atoms with Crippen molar-refractivity contribution in [3.8, 4) is 0 Å². The summed E-state index contributed by atoms with van der Waals surface area (Å²) in [5.41, 5.74) is -9.55. The van der Waals surface area contributed by atoms with Crippen LogP contribution in [0.3, 0.4) is 0 Å². The zero-order chi connectivity index (χ0) is 70.0. The average Bonchev–Trinajstić information content (AvgIpc) is 0.669. The first-order valence-electron chi connectivity index (χ1n) is 29.3. The number of Topliss-reactive ketones (excluding diaryl/α,β-unsaturated/α-hetero) is 1. The number of nitrogens with one attached hydrogen (secondary N) is 1. The molecule has 96 heavy (non-hydrogen) atoms. The van der Waals surface area contributed by atoms with Crippen molar-refractivity contribution in [3.05, 3.63) is 138 Å². The third kappa shape index (κ3) is 16.8. The number of carbonyl (C=O) groups is 10. The predicted molar refractivity (Wildman–Crippen MR) is 314 cm³/mol. The highest BCUT2D eigenvalue weighted by Crippen LogP contribution is 2.65. The van der Waals surface area contributed by atoms with E-state index in [-0.39, 0.29) is 27.8 Å². The maximum atomic E-state index is 16.5. The molecule has 3 fully saturated rings. The summed E-state index contributed by atoms with van der Waals surface area (Å²) in [5.74, 6) is -13.4. The minimum Gasteiger partial charge on any atom is -0.460 e. The summed E-state index contributed by atoms with van der Waals surface area (Å²) in [4.78, 5) is 201. The van der Waals surface area contributed by atoms with Gasteiger partial charge in [-0.1, -0.05) is 80.6 Å². The first kappa shape index (κ1) is 73.2. The van der Waals surface area contributed by atoms with Gasteiger partial charge in [0.2, 0.25) is 18.3 Å². The van der Waals surface area contributed by atoms with E-state index < -0.39 is 215 Å². The van der Waals surface area contributed by atoms with Crippen LogP contribution < -0.4 is 5.32 Å². The Labute approximate surface area is 544 Å². The van der Waals surface area contributed by atoms with Gasteiger partial charge < -0.3 is 81.9 Å². The van der Waals surface area contributed by atoms with Gasteiger partial charge in [-0.25, -0.2) is 28.8 Å². The molecule has 3 aliphatic carbocycles. The molecule has 0 radical (unpaired) electrons. The van der Waals surface area contributed by atoms with Crippen molar-refractivity contribution < 1.29 is 125 Å².